The van der Waals surface area contributed by atoms with Crippen LogP contribution in [-0.2, 0) is 19.4 Å². The summed E-state index contributed by atoms with van der Waals surface area (Å²) in [5.41, 5.74) is 10.8. The molecule has 7 heteroatoms. The van der Waals surface area contributed by atoms with Crippen molar-refractivity contribution < 1.29 is 14.2 Å². The number of hydrogen-bond acceptors (Lipinski definition) is 4. The van der Waals surface area contributed by atoms with E-state index in [1.807, 2.05) is 12.1 Å². The maximum atomic E-state index is 6.16. The molecule has 0 unspecified atom stereocenters. The van der Waals surface area contributed by atoms with E-state index in [2.05, 4.69) is 28.5 Å². The number of nitrogens with zero attached hydrogens (tertiary/aromatic N) is 1. The predicted molar refractivity (Wildman–Crippen MR) is 124 cm³/mol. The first-order chi connectivity index (χ1) is 13.2. The summed E-state index contributed by atoms with van der Waals surface area (Å²) in [6.45, 7) is 0.337. The summed E-state index contributed by atoms with van der Waals surface area (Å²) in [7, 11) is 4.83. The predicted octanol–water partition coefficient (Wildman–Crippen LogP) is 4.14. The van der Waals surface area contributed by atoms with Crippen LogP contribution < -0.4 is 25.3 Å². The van der Waals surface area contributed by atoms with Crippen molar-refractivity contribution in [3.05, 3.63) is 47.0 Å². The molecule has 0 aliphatic heterocycles. The van der Waals surface area contributed by atoms with Crippen LogP contribution in [0.25, 0.3) is 0 Å². The molecule has 0 spiro atoms. The Labute approximate surface area is 183 Å². The van der Waals surface area contributed by atoms with Gasteiger partial charge in [0.15, 0.2) is 5.96 Å². The Morgan fingerprint density at radius 2 is 1.71 bits per heavy atom. The first-order valence-corrected chi connectivity index (χ1v) is 9.13. The maximum Gasteiger partial charge on any atom is 0.193 e. The molecular formula is C21H28IN3O3. The van der Waals surface area contributed by atoms with E-state index in [0.29, 0.717) is 29.8 Å². The van der Waals surface area contributed by atoms with Crippen LogP contribution in [0, 0.1) is 0 Å². The number of guanidine groups is 1. The van der Waals surface area contributed by atoms with E-state index in [9.17, 15) is 0 Å². The van der Waals surface area contributed by atoms with Crippen molar-refractivity contribution in [2.24, 2.45) is 10.7 Å². The highest BCUT2D eigenvalue weighted by Gasteiger charge is 2.15. The molecule has 0 fully saturated rings. The number of rotatable bonds is 6. The lowest BCUT2D eigenvalue weighted by molar-refractivity contribution is 0.369. The van der Waals surface area contributed by atoms with E-state index in [-0.39, 0.29) is 24.0 Å². The van der Waals surface area contributed by atoms with Gasteiger partial charge in [-0.1, -0.05) is 12.1 Å². The molecule has 0 radical (unpaired) electrons. The van der Waals surface area contributed by atoms with E-state index in [1.54, 1.807) is 21.3 Å². The van der Waals surface area contributed by atoms with Crippen LogP contribution >= 0.6 is 24.0 Å². The van der Waals surface area contributed by atoms with Crippen LogP contribution in [-0.4, -0.2) is 27.3 Å². The molecule has 3 rings (SSSR count). The summed E-state index contributed by atoms with van der Waals surface area (Å²) in [4.78, 5) is 4.49. The third-order valence-electron chi connectivity index (χ3n) is 4.88. The Bertz CT molecular complexity index is 815. The molecule has 1 aliphatic carbocycles. The highest BCUT2D eigenvalue weighted by atomic mass is 127. The summed E-state index contributed by atoms with van der Waals surface area (Å²) < 4.78 is 16.2. The summed E-state index contributed by atoms with van der Waals surface area (Å²) in [5.74, 6) is 2.34. The lowest BCUT2D eigenvalue weighted by atomic mass is 9.90. The van der Waals surface area contributed by atoms with Gasteiger partial charge < -0.3 is 25.3 Å². The van der Waals surface area contributed by atoms with E-state index < -0.39 is 0 Å². The normalized spacial score (nSPS) is 13.2. The number of benzene rings is 2. The standard InChI is InChI=1S/C21H27N3O3.HI/c1-25-15-11-19(26-2)17(20(12-15)27-3)13-23-21(22)24-18-10-6-8-14-7-4-5-9-16(14)18;/h6,8,10-12H,4-5,7,9,13H2,1-3H3,(H3,22,23,24);1H. The van der Waals surface area contributed by atoms with Gasteiger partial charge >= 0.3 is 0 Å². The SMILES string of the molecule is COc1cc(OC)c(CN=C(N)Nc2cccc3c2CCCC3)c(OC)c1.I. The highest BCUT2D eigenvalue weighted by molar-refractivity contribution is 14.0. The van der Waals surface area contributed by atoms with Gasteiger partial charge in [0.1, 0.15) is 17.2 Å². The number of hydrogen-bond donors (Lipinski definition) is 2. The Balaban J connectivity index is 0.00000280. The summed E-state index contributed by atoms with van der Waals surface area (Å²) in [5, 5.41) is 3.26. The van der Waals surface area contributed by atoms with Gasteiger partial charge in [-0.15, -0.1) is 24.0 Å². The number of ether oxygens (including phenoxy) is 3. The van der Waals surface area contributed by atoms with Gasteiger partial charge in [-0.25, -0.2) is 4.99 Å². The zero-order chi connectivity index (χ0) is 19.2. The van der Waals surface area contributed by atoms with Gasteiger partial charge in [-0.3, -0.25) is 0 Å². The van der Waals surface area contributed by atoms with E-state index in [4.69, 9.17) is 19.9 Å². The summed E-state index contributed by atoms with van der Waals surface area (Å²) in [6, 6.07) is 9.94. The van der Waals surface area contributed by atoms with Crippen molar-refractivity contribution >= 4 is 35.6 Å². The molecule has 0 amide bonds. The number of aliphatic imine (C=N–C) groups is 1. The number of methoxy groups -OCH3 is 3. The van der Waals surface area contributed by atoms with Gasteiger partial charge in [0, 0.05) is 17.8 Å². The number of nitrogens with one attached hydrogen (secondary N) is 1. The van der Waals surface area contributed by atoms with Crippen LogP contribution in [0.3, 0.4) is 0 Å². The molecule has 0 saturated heterocycles. The Morgan fingerprint density at radius 3 is 2.36 bits per heavy atom. The number of aryl methyl sites for hydroxylation is 1. The summed E-state index contributed by atoms with van der Waals surface area (Å²) >= 11 is 0. The van der Waals surface area contributed by atoms with Crippen LogP contribution in [0.4, 0.5) is 5.69 Å². The smallest absolute Gasteiger partial charge is 0.193 e. The van der Waals surface area contributed by atoms with Crippen molar-refractivity contribution in [3.8, 4) is 17.2 Å². The van der Waals surface area contributed by atoms with Gasteiger partial charge in [0.25, 0.3) is 0 Å². The number of fused-ring (bicyclic) bond motifs is 1. The third-order valence-corrected chi connectivity index (χ3v) is 4.88. The van der Waals surface area contributed by atoms with Crippen LogP contribution in [0.2, 0.25) is 0 Å². The second kappa shape index (κ2) is 10.4. The monoisotopic (exact) mass is 497 g/mol. The third kappa shape index (κ3) is 5.01. The molecule has 1 aliphatic rings. The molecule has 0 saturated carbocycles. The molecule has 0 bridgehead atoms. The molecule has 2 aromatic carbocycles. The van der Waals surface area contributed by atoms with Crippen LogP contribution in [0.15, 0.2) is 35.3 Å². The molecule has 0 heterocycles. The van der Waals surface area contributed by atoms with Gasteiger partial charge in [-0.2, -0.15) is 0 Å². The quantitative estimate of drug-likeness (QED) is 0.357. The molecule has 28 heavy (non-hydrogen) atoms. The van der Waals surface area contributed by atoms with Gasteiger partial charge in [0.05, 0.1) is 33.4 Å². The summed E-state index contributed by atoms with van der Waals surface area (Å²) in [6.07, 6.45) is 4.66. The minimum Gasteiger partial charge on any atom is -0.496 e. The Hall–Kier alpha value is -2.16. The largest absolute Gasteiger partial charge is 0.496 e. The van der Waals surface area contributed by atoms with Crippen molar-refractivity contribution in [2.75, 3.05) is 26.6 Å². The topological polar surface area (TPSA) is 78.1 Å². The molecule has 152 valence electrons. The number of halogens is 1. The molecule has 2 aromatic rings. The minimum atomic E-state index is 0. The molecule has 0 aromatic heterocycles. The van der Waals surface area contributed by atoms with Crippen molar-refractivity contribution in [1.29, 1.82) is 0 Å². The molecular weight excluding hydrogens is 469 g/mol. The highest BCUT2D eigenvalue weighted by Crippen LogP contribution is 2.34. The first kappa shape index (κ1) is 22.1. The van der Waals surface area contributed by atoms with Crippen molar-refractivity contribution in [2.45, 2.75) is 32.2 Å². The molecule has 0 atom stereocenters. The first-order valence-electron chi connectivity index (χ1n) is 9.13. The fraction of sp³-hybridized carbons (Fsp3) is 0.381. The lowest BCUT2D eigenvalue weighted by Crippen LogP contribution is -2.24. The average Bonchev–Trinajstić information content (AvgIpc) is 2.71. The number of nitrogens with two attached hydrogens (primary N) is 1. The lowest BCUT2D eigenvalue weighted by Gasteiger charge is -2.20. The van der Waals surface area contributed by atoms with Crippen molar-refractivity contribution in [1.82, 2.24) is 0 Å². The Morgan fingerprint density at radius 1 is 1.04 bits per heavy atom. The minimum absolute atomic E-state index is 0. The van der Waals surface area contributed by atoms with Gasteiger partial charge in [-0.05, 0) is 42.9 Å². The fourth-order valence-electron chi connectivity index (χ4n) is 3.47. The van der Waals surface area contributed by atoms with Crippen LogP contribution in [0.5, 0.6) is 17.2 Å². The maximum absolute atomic E-state index is 6.16. The van der Waals surface area contributed by atoms with Gasteiger partial charge in [0.2, 0.25) is 0 Å². The van der Waals surface area contributed by atoms with Crippen molar-refractivity contribution in [3.63, 3.8) is 0 Å². The fourth-order valence-corrected chi connectivity index (χ4v) is 3.47. The second-order valence-corrected chi connectivity index (χ2v) is 6.49. The molecule has 3 N–H and O–H groups in total. The number of anilines is 1. The van der Waals surface area contributed by atoms with Crippen LogP contribution in [0.1, 0.15) is 29.5 Å². The zero-order valence-electron chi connectivity index (χ0n) is 16.6. The van der Waals surface area contributed by atoms with E-state index >= 15 is 0 Å². The molecule has 6 nitrogen and oxygen atoms in total. The average molecular weight is 497 g/mol. The zero-order valence-corrected chi connectivity index (χ0v) is 18.9. The van der Waals surface area contributed by atoms with E-state index in [1.165, 1.54) is 24.0 Å². The second-order valence-electron chi connectivity index (χ2n) is 6.49. The van der Waals surface area contributed by atoms with E-state index in [0.717, 1.165) is 24.1 Å². The Kier molecular flexibility index (Phi) is 8.22.